The minimum Gasteiger partial charge on any atom is -0.292 e. The number of imidazole rings is 1. The van der Waals surface area contributed by atoms with Crippen molar-refractivity contribution >= 4 is 32.6 Å². The number of aromatic nitrogens is 2. The lowest BCUT2D eigenvalue weighted by Gasteiger charge is -2.34. The second-order valence-corrected chi connectivity index (χ2v) is 15.9. The number of benzene rings is 10. The second-order valence-electron chi connectivity index (χ2n) is 15.9. The van der Waals surface area contributed by atoms with Gasteiger partial charge < -0.3 is 0 Å². The zero-order valence-electron chi connectivity index (χ0n) is 32.8. The number of para-hydroxylation sites is 3. The van der Waals surface area contributed by atoms with Crippen LogP contribution < -0.4 is 0 Å². The molecule has 10 aromatic carbocycles. The van der Waals surface area contributed by atoms with E-state index in [9.17, 15) is 0 Å². The third kappa shape index (κ3) is 5.31. The van der Waals surface area contributed by atoms with Gasteiger partial charge in [-0.25, -0.2) is 4.98 Å². The van der Waals surface area contributed by atoms with Crippen LogP contribution in [0.4, 0.5) is 0 Å². The summed E-state index contributed by atoms with van der Waals surface area (Å²) in [6, 6.07) is 84.5. The predicted molar refractivity (Wildman–Crippen MR) is 250 cm³/mol. The van der Waals surface area contributed by atoms with E-state index in [2.05, 4.69) is 235 Å². The smallest absolute Gasteiger partial charge is 0.145 e. The molecule has 12 rings (SSSR count). The first kappa shape index (κ1) is 34.3. The molecule has 0 bridgehead atoms. The fraction of sp³-hybridized carbons (Fsp3) is 0.0172. The van der Waals surface area contributed by atoms with E-state index in [4.69, 9.17) is 4.98 Å². The van der Waals surface area contributed by atoms with Gasteiger partial charge in [-0.1, -0.05) is 182 Å². The molecule has 0 atom stereocenters. The van der Waals surface area contributed by atoms with Gasteiger partial charge in [-0.05, 0) is 126 Å². The van der Waals surface area contributed by atoms with Crippen molar-refractivity contribution < 1.29 is 0 Å². The number of hydrogen-bond acceptors (Lipinski definition) is 1. The van der Waals surface area contributed by atoms with Crippen LogP contribution in [0.2, 0.25) is 0 Å². The van der Waals surface area contributed by atoms with E-state index in [-0.39, 0.29) is 0 Å². The molecule has 2 heteroatoms. The maximum Gasteiger partial charge on any atom is 0.145 e. The van der Waals surface area contributed by atoms with Crippen LogP contribution in [0, 0.1) is 0 Å². The lowest BCUT2D eigenvalue weighted by Crippen LogP contribution is -2.28. The summed E-state index contributed by atoms with van der Waals surface area (Å²) >= 11 is 0. The van der Waals surface area contributed by atoms with Gasteiger partial charge in [0, 0.05) is 11.3 Å². The lowest BCUT2D eigenvalue weighted by molar-refractivity contribution is 0.769. The van der Waals surface area contributed by atoms with Crippen molar-refractivity contribution in [2.24, 2.45) is 0 Å². The second kappa shape index (κ2) is 13.7. The third-order valence-corrected chi connectivity index (χ3v) is 12.7. The number of nitrogens with zero attached hydrogens (tertiary/aromatic N) is 2. The molecule has 280 valence electrons. The van der Waals surface area contributed by atoms with E-state index in [1.54, 1.807) is 0 Å². The van der Waals surface area contributed by atoms with Crippen molar-refractivity contribution in [3.8, 4) is 50.5 Å². The van der Waals surface area contributed by atoms with E-state index in [1.807, 2.05) is 0 Å². The summed E-state index contributed by atoms with van der Waals surface area (Å²) in [5, 5.41) is 4.97. The average Bonchev–Trinajstić information content (AvgIpc) is 3.86. The van der Waals surface area contributed by atoms with Crippen LogP contribution in [0.1, 0.15) is 22.3 Å². The fourth-order valence-electron chi connectivity index (χ4n) is 9.82. The summed E-state index contributed by atoms with van der Waals surface area (Å²) < 4.78 is 2.28. The predicted octanol–water partition coefficient (Wildman–Crippen LogP) is 14.7. The van der Waals surface area contributed by atoms with Gasteiger partial charge in [0.05, 0.1) is 16.4 Å². The molecule has 0 unspecified atom stereocenters. The Morgan fingerprint density at radius 1 is 0.333 bits per heavy atom. The van der Waals surface area contributed by atoms with Gasteiger partial charge >= 0.3 is 0 Å². The van der Waals surface area contributed by atoms with Crippen molar-refractivity contribution in [2.45, 2.75) is 5.41 Å². The van der Waals surface area contributed by atoms with Gasteiger partial charge in [0.15, 0.2) is 0 Å². The van der Waals surface area contributed by atoms with Crippen LogP contribution >= 0.6 is 0 Å². The third-order valence-electron chi connectivity index (χ3n) is 12.7. The SMILES string of the molecule is c1ccc(-n2c(-c3ccc(C4(c5ccccc5)c5cc(-c6ccc7ccccc7c6)ccc5-c5ccc(-c6ccc7ccccc7c6)cc54)cc3)nc3ccccc32)cc1. The topological polar surface area (TPSA) is 17.8 Å². The monoisotopic (exact) mass is 762 g/mol. The van der Waals surface area contributed by atoms with Crippen LogP contribution in [0.15, 0.2) is 231 Å². The zero-order valence-corrected chi connectivity index (χ0v) is 32.8. The molecule has 0 spiro atoms. The maximum atomic E-state index is 5.23. The molecular formula is C58H38N2. The summed E-state index contributed by atoms with van der Waals surface area (Å²) in [6.45, 7) is 0. The van der Waals surface area contributed by atoms with Crippen LogP contribution in [0.5, 0.6) is 0 Å². The van der Waals surface area contributed by atoms with Crippen LogP contribution in [-0.4, -0.2) is 9.55 Å². The Labute approximate surface area is 349 Å². The quantitative estimate of drug-likeness (QED) is 0.165. The van der Waals surface area contributed by atoms with Gasteiger partial charge in [-0.2, -0.15) is 0 Å². The van der Waals surface area contributed by atoms with Crippen molar-refractivity contribution in [1.82, 2.24) is 9.55 Å². The summed E-state index contributed by atoms with van der Waals surface area (Å²) in [6.07, 6.45) is 0. The van der Waals surface area contributed by atoms with Gasteiger partial charge in [-0.15, -0.1) is 0 Å². The molecule has 2 nitrogen and oxygen atoms in total. The van der Waals surface area contributed by atoms with Crippen molar-refractivity contribution in [3.05, 3.63) is 253 Å². The Kier molecular flexibility index (Phi) is 7.79. The van der Waals surface area contributed by atoms with E-state index in [0.29, 0.717) is 0 Å². The van der Waals surface area contributed by atoms with E-state index in [0.717, 1.165) is 28.1 Å². The Bertz CT molecular complexity index is 3290. The highest BCUT2D eigenvalue weighted by Crippen LogP contribution is 2.57. The highest BCUT2D eigenvalue weighted by molar-refractivity contribution is 5.94. The van der Waals surface area contributed by atoms with E-state index in [1.165, 1.54) is 77.2 Å². The molecule has 0 aliphatic heterocycles. The van der Waals surface area contributed by atoms with Gasteiger partial charge in [-0.3, -0.25) is 4.57 Å². The standard InChI is InChI=1S/C58H38N2/c1-3-17-48(18-4-1)58(49-31-27-41(28-32-49)57-59-55-21-11-12-22-56(55)60(57)50-19-5-2-6-20-50)53-37-46(44-25-23-39-13-7-9-15-42(39)35-44)29-33-51(53)52-34-30-47(38-54(52)58)45-26-24-40-14-8-10-16-43(40)36-45/h1-38H. The van der Waals surface area contributed by atoms with Crippen molar-refractivity contribution in [3.63, 3.8) is 0 Å². The minimum absolute atomic E-state index is 0.607. The minimum atomic E-state index is -0.607. The molecule has 1 aliphatic rings. The zero-order chi connectivity index (χ0) is 39.6. The Morgan fingerprint density at radius 2 is 0.783 bits per heavy atom. The summed E-state index contributed by atoms with van der Waals surface area (Å²) in [5.41, 5.74) is 16.0. The number of fused-ring (bicyclic) bond motifs is 6. The molecule has 0 amide bonds. The van der Waals surface area contributed by atoms with Crippen LogP contribution in [0.25, 0.3) is 83.0 Å². The average molecular weight is 763 g/mol. The van der Waals surface area contributed by atoms with E-state index >= 15 is 0 Å². The lowest BCUT2D eigenvalue weighted by atomic mass is 9.67. The molecule has 0 saturated heterocycles. The fourth-order valence-corrected chi connectivity index (χ4v) is 9.82. The number of hydrogen-bond donors (Lipinski definition) is 0. The molecular weight excluding hydrogens is 725 g/mol. The molecule has 1 heterocycles. The normalized spacial score (nSPS) is 12.8. The molecule has 0 radical (unpaired) electrons. The molecule has 1 aliphatic carbocycles. The molecule has 0 N–H and O–H groups in total. The molecule has 0 saturated carbocycles. The first-order valence-electron chi connectivity index (χ1n) is 20.7. The van der Waals surface area contributed by atoms with Gasteiger partial charge in [0.25, 0.3) is 0 Å². The summed E-state index contributed by atoms with van der Waals surface area (Å²) in [4.78, 5) is 5.23. The Morgan fingerprint density at radius 3 is 1.38 bits per heavy atom. The molecule has 60 heavy (non-hydrogen) atoms. The van der Waals surface area contributed by atoms with Crippen molar-refractivity contribution in [2.75, 3.05) is 0 Å². The van der Waals surface area contributed by atoms with Crippen LogP contribution in [-0.2, 0) is 5.41 Å². The largest absolute Gasteiger partial charge is 0.292 e. The first-order valence-corrected chi connectivity index (χ1v) is 20.7. The molecule has 0 fully saturated rings. The maximum absolute atomic E-state index is 5.23. The highest BCUT2D eigenvalue weighted by Gasteiger charge is 2.46. The van der Waals surface area contributed by atoms with Gasteiger partial charge in [0.2, 0.25) is 0 Å². The Balaban J connectivity index is 1.10. The summed E-state index contributed by atoms with van der Waals surface area (Å²) in [7, 11) is 0. The van der Waals surface area contributed by atoms with Crippen molar-refractivity contribution in [1.29, 1.82) is 0 Å². The highest BCUT2D eigenvalue weighted by atomic mass is 15.1. The first-order chi connectivity index (χ1) is 29.7. The van der Waals surface area contributed by atoms with Crippen LogP contribution in [0.3, 0.4) is 0 Å². The Hall–Kier alpha value is -7.81. The van der Waals surface area contributed by atoms with E-state index < -0.39 is 5.41 Å². The summed E-state index contributed by atoms with van der Waals surface area (Å²) in [5.74, 6) is 0.923. The van der Waals surface area contributed by atoms with Gasteiger partial charge in [0.1, 0.15) is 5.82 Å². The molecule has 11 aromatic rings. The molecule has 1 aromatic heterocycles. The number of rotatable bonds is 6.